The largest absolute Gasteiger partial charge is 0.508 e. The van der Waals surface area contributed by atoms with Gasteiger partial charge in [-0.25, -0.2) is 4.79 Å². The molecule has 8 nitrogen and oxygen atoms in total. The molecule has 30 heavy (non-hydrogen) atoms. The normalized spacial score (nSPS) is 11.3. The van der Waals surface area contributed by atoms with Crippen LogP contribution in [0.25, 0.3) is 5.57 Å². The Morgan fingerprint density at radius 1 is 1.13 bits per heavy atom. The number of carbonyl (C=O) groups excluding carboxylic acids is 2. The summed E-state index contributed by atoms with van der Waals surface area (Å²) >= 11 is 0. The molecule has 1 heterocycles. The summed E-state index contributed by atoms with van der Waals surface area (Å²) in [6.07, 6.45) is 0. The summed E-state index contributed by atoms with van der Waals surface area (Å²) in [6.45, 7) is 4.93. The minimum atomic E-state index is -0.640. The van der Waals surface area contributed by atoms with E-state index in [1.165, 1.54) is 31.2 Å². The van der Waals surface area contributed by atoms with Gasteiger partial charge >= 0.3 is 5.97 Å². The predicted octanol–water partition coefficient (Wildman–Crippen LogP) is 2.72. The molecular weight excluding hydrogens is 386 g/mol. The van der Waals surface area contributed by atoms with E-state index in [0.717, 1.165) is 0 Å². The van der Waals surface area contributed by atoms with Crippen molar-refractivity contribution < 1.29 is 24.5 Å². The van der Waals surface area contributed by atoms with Gasteiger partial charge in [0.1, 0.15) is 29.7 Å². The number of carbonyl (C=O) groups is 2. The minimum absolute atomic E-state index is 0.00601. The van der Waals surface area contributed by atoms with E-state index in [9.17, 15) is 25.1 Å². The first-order valence-electron chi connectivity index (χ1n) is 9.01. The van der Waals surface area contributed by atoms with E-state index in [2.05, 4.69) is 17.2 Å². The van der Waals surface area contributed by atoms with Crippen molar-refractivity contribution in [2.75, 3.05) is 18.5 Å². The van der Waals surface area contributed by atoms with Crippen LogP contribution in [-0.4, -0.2) is 35.2 Å². The molecule has 2 aromatic carbocycles. The lowest BCUT2D eigenvalue weighted by Crippen LogP contribution is -2.30. The van der Waals surface area contributed by atoms with Crippen LogP contribution < -0.4 is 10.6 Å². The molecule has 0 atom stereocenters. The summed E-state index contributed by atoms with van der Waals surface area (Å²) in [5, 5.41) is 35.0. The highest BCUT2D eigenvalue weighted by Gasteiger charge is 2.26. The zero-order valence-electron chi connectivity index (χ0n) is 16.2. The molecule has 2 aromatic rings. The molecular formula is C22H19N3O5. The molecule has 1 aliphatic rings. The van der Waals surface area contributed by atoms with Gasteiger partial charge in [-0.2, -0.15) is 5.26 Å². The number of hydrogen-bond acceptors (Lipinski definition) is 7. The third kappa shape index (κ3) is 4.10. The molecule has 0 saturated carbocycles. The number of rotatable bonds is 5. The van der Waals surface area contributed by atoms with Crippen molar-refractivity contribution in [3.63, 3.8) is 0 Å². The molecule has 0 unspecified atom stereocenters. The summed E-state index contributed by atoms with van der Waals surface area (Å²) in [7, 11) is 0. The van der Waals surface area contributed by atoms with Crippen LogP contribution in [-0.2, 0) is 14.3 Å². The summed E-state index contributed by atoms with van der Waals surface area (Å²) in [4.78, 5) is 24.1. The van der Waals surface area contributed by atoms with E-state index in [0.29, 0.717) is 28.1 Å². The van der Waals surface area contributed by atoms with E-state index in [-0.39, 0.29) is 35.8 Å². The fraction of sp³-hybridized carbons (Fsp3) is 0.136. The number of esters is 1. The van der Waals surface area contributed by atoms with Crippen LogP contribution in [0.5, 0.6) is 11.5 Å². The second kappa shape index (κ2) is 8.41. The standard InChI is InChI=1S/C22H19N3O5/c1-12(2)22(29)30-8-7-24-21(28)17(11-23)20-15-5-3-13(26)9-18(15)25-19-10-14(27)4-6-16(19)20/h3-6,9-10,25-27H,1,7-8H2,2H3,(H,24,28). The number of hydrogen-bond donors (Lipinski definition) is 4. The van der Waals surface area contributed by atoms with E-state index in [1.807, 2.05) is 6.07 Å². The Morgan fingerprint density at radius 2 is 1.70 bits per heavy atom. The van der Waals surface area contributed by atoms with E-state index >= 15 is 0 Å². The SMILES string of the molecule is C=C(C)C(=O)OCCNC(=O)C(C#N)=C1c2ccc(O)cc2Nc2cc(O)ccc21. The first kappa shape index (κ1) is 20.5. The number of phenols is 2. The average Bonchev–Trinajstić information content (AvgIpc) is 2.70. The highest BCUT2D eigenvalue weighted by Crippen LogP contribution is 2.44. The van der Waals surface area contributed by atoms with Crippen LogP contribution in [0, 0.1) is 11.3 Å². The number of anilines is 2. The summed E-state index contributed by atoms with van der Waals surface area (Å²) < 4.78 is 4.93. The van der Waals surface area contributed by atoms with Crippen molar-refractivity contribution in [3.05, 3.63) is 65.3 Å². The van der Waals surface area contributed by atoms with Gasteiger partial charge in [-0.1, -0.05) is 6.58 Å². The molecule has 0 bridgehead atoms. The first-order chi connectivity index (χ1) is 14.3. The average molecular weight is 405 g/mol. The van der Waals surface area contributed by atoms with E-state index in [4.69, 9.17) is 4.74 Å². The molecule has 1 amide bonds. The Balaban J connectivity index is 1.96. The molecule has 0 radical (unpaired) electrons. The fourth-order valence-electron chi connectivity index (χ4n) is 3.01. The van der Waals surface area contributed by atoms with E-state index in [1.54, 1.807) is 12.1 Å². The third-order valence-electron chi connectivity index (χ3n) is 4.37. The third-order valence-corrected chi connectivity index (χ3v) is 4.37. The number of nitriles is 1. The number of phenolic OH excluding ortho intramolecular Hbond substituents is 2. The highest BCUT2D eigenvalue weighted by molar-refractivity contribution is 6.12. The summed E-state index contributed by atoms with van der Waals surface area (Å²) in [5.74, 6) is -1.19. The van der Waals surface area contributed by atoms with Crippen molar-refractivity contribution >= 4 is 28.8 Å². The van der Waals surface area contributed by atoms with Crippen molar-refractivity contribution in [1.82, 2.24) is 5.32 Å². The van der Waals surface area contributed by atoms with Crippen LogP contribution in [0.1, 0.15) is 18.1 Å². The Morgan fingerprint density at radius 3 is 2.20 bits per heavy atom. The number of benzene rings is 2. The lowest BCUT2D eigenvalue weighted by atomic mass is 9.87. The van der Waals surface area contributed by atoms with Gasteiger partial charge in [-0.3, -0.25) is 4.79 Å². The molecule has 4 N–H and O–H groups in total. The minimum Gasteiger partial charge on any atom is -0.508 e. The monoisotopic (exact) mass is 405 g/mol. The van der Waals surface area contributed by atoms with Crippen molar-refractivity contribution in [1.29, 1.82) is 5.26 Å². The maximum absolute atomic E-state index is 12.7. The van der Waals surface area contributed by atoms with Crippen LogP contribution in [0.3, 0.4) is 0 Å². The number of amides is 1. The number of aromatic hydroxyl groups is 2. The first-order valence-corrected chi connectivity index (χ1v) is 9.01. The Kier molecular flexibility index (Phi) is 5.74. The van der Waals surface area contributed by atoms with Crippen LogP contribution in [0.4, 0.5) is 11.4 Å². The van der Waals surface area contributed by atoms with Gasteiger partial charge in [0.15, 0.2) is 0 Å². The lowest BCUT2D eigenvalue weighted by molar-refractivity contribution is -0.139. The second-order valence-corrected chi connectivity index (χ2v) is 6.62. The molecule has 152 valence electrons. The van der Waals surface area contributed by atoms with Crippen molar-refractivity contribution in [2.45, 2.75) is 6.92 Å². The molecule has 8 heteroatoms. The number of nitrogens with one attached hydrogen (secondary N) is 2. The molecule has 3 rings (SSSR count). The Bertz CT molecular complexity index is 1070. The van der Waals surface area contributed by atoms with E-state index < -0.39 is 11.9 Å². The maximum Gasteiger partial charge on any atom is 0.333 e. The maximum atomic E-state index is 12.7. The van der Waals surface area contributed by atoms with Gasteiger partial charge in [0.05, 0.1) is 17.9 Å². The topological polar surface area (TPSA) is 132 Å². The van der Waals surface area contributed by atoms with Crippen molar-refractivity contribution in [2.24, 2.45) is 0 Å². The van der Waals surface area contributed by atoms with Gasteiger partial charge in [0.2, 0.25) is 0 Å². The molecule has 0 spiro atoms. The number of ether oxygens (including phenoxy) is 1. The van der Waals surface area contributed by atoms with Gasteiger partial charge in [0, 0.05) is 34.4 Å². The quantitative estimate of drug-likeness (QED) is 0.222. The molecule has 1 aliphatic heterocycles. The van der Waals surface area contributed by atoms with Crippen LogP contribution >= 0.6 is 0 Å². The second-order valence-electron chi connectivity index (χ2n) is 6.62. The number of nitrogens with zero attached hydrogens (tertiary/aromatic N) is 1. The predicted molar refractivity (Wildman–Crippen MR) is 110 cm³/mol. The van der Waals surface area contributed by atoms with Gasteiger partial charge < -0.3 is 25.6 Å². The van der Waals surface area contributed by atoms with Gasteiger partial charge in [-0.15, -0.1) is 0 Å². The molecule has 0 aliphatic carbocycles. The zero-order chi connectivity index (χ0) is 21.8. The summed E-state index contributed by atoms with van der Waals surface area (Å²) in [5.41, 5.74) is 2.52. The molecule has 0 fully saturated rings. The van der Waals surface area contributed by atoms with Gasteiger partial charge in [0.25, 0.3) is 5.91 Å². The zero-order valence-corrected chi connectivity index (χ0v) is 16.2. The highest BCUT2D eigenvalue weighted by atomic mass is 16.5. The van der Waals surface area contributed by atoms with Gasteiger partial charge in [-0.05, 0) is 31.2 Å². The van der Waals surface area contributed by atoms with Crippen LogP contribution in [0.15, 0.2) is 54.1 Å². The van der Waals surface area contributed by atoms with Crippen LogP contribution in [0.2, 0.25) is 0 Å². The molecule has 0 aromatic heterocycles. The summed E-state index contributed by atoms with van der Waals surface area (Å²) in [6, 6.07) is 11.0. The fourth-order valence-corrected chi connectivity index (χ4v) is 3.01. The Labute approximate surface area is 172 Å². The number of fused-ring (bicyclic) bond motifs is 2. The van der Waals surface area contributed by atoms with Crippen molar-refractivity contribution in [3.8, 4) is 17.6 Å². The molecule has 0 saturated heterocycles. The Hall–Kier alpha value is -4.25. The lowest BCUT2D eigenvalue weighted by Gasteiger charge is -2.25. The smallest absolute Gasteiger partial charge is 0.333 e.